The molecular weight excluding hydrogens is 212 g/mol. The fraction of sp³-hybridized carbons (Fsp3) is 0.929. The molecule has 0 aromatic heterocycles. The Bertz CT molecular complexity index is 249. The molecule has 0 aromatic rings. The van der Waals surface area contributed by atoms with Crippen LogP contribution in [0.3, 0.4) is 0 Å². The molecule has 3 nitrogen and oxygen atoms in total. The SMILES string of the molecule is CC1CCCC(NC(=O)CC2CCCCN2)C1. The van der Waals surface area contributed by atoms with Gasteiger partial charge in [-0.3, -0.25) is 4.79 Å². The molecule has 0 bridgehead atoms. The predicted molar refractivity (Wildman–Crippen MR) is 69.8 cm³/mol. The Labute approximate surface area is 105 Å². The molecule has 17 heavy (non-hydrogen) atoms. The van der Waals surface area contributed by atoms with Crippen LogP contribution in [0.2, 0.25) is 0 Å². The quantitative estimate of drug-likeness (QED) is 0.791. The third-order valence-corrected chi connectivity index (χ3v) is 4.15. The van der Waals surface area contributed by atoms with Crippen molar-refractivity contribution in [3.8, 4) is 0 Å². The van der Waals surface area contributed by atoms with Crippen molar-refractivity contribution in [2.75, 3.05) is 6.54 Å². The normalized spacial score (nSPS) is 34.3. The van der Waals surface area contributed by atoms with Gasteiger partial charge in [-0.1, -0.05) is 26.2 Å². The van der Waals surface area contributed by atoms with Crippen molar-refractivity contribution in [1.29, 1.82) is 0 Å². The van der Waals surface area contributed by atoms with Gasteiger partial charge in [-0.05, 0) is 38.1 Å². The summed E-state index contributed by atoms with van der Waals surface area (Å²) in [6.45, 7) is 3.37. The van der Waals surface area contributed by atoms with Crippen molar-refractivity contribution >= 4 is 5.91 Å². The van der Waals surface area contributed by atoms with Gasteiger partial charge in [-0.2, -0.15) is 0 Å². The van der Waals surface area contributed by atoms with Crippen molar-refractivity contribution in [3.05, 3.63) is 0 Å². The van der Waals surface area contributed by atoms with E-state index in [1.165, 1.54) is 38.5 Å². The van der Waals surface area contributed by atoms with E-state index in [2.05, 4.69) is 17.6 Å². The fourth-order valence-electron chi connectivity index (χ4n) is 3.17. The first-order valence-electron chi connectivity index (χ1n) is 7.27. The van der Waals surface area contributed by atoms with E-state index in [1.54, 1.807) is 0 Å². The Balaban J connectivity index is 1.68. The van der Waals surface area contributed by atoms with E-state index in [-0.39, 0.29) is 5.91 Å². The smallest absolute Gasteiger partial charge is 0.221 e. The number of nitrogens with one attached hydrogen (secondary N) is 2. The molecule has 2 fully saturated rings. The maximum atomic E-state index is 11.9. The first kappa shape index (κ1) is 12.9. The van der Waals surface area contributed by atoms with Gasteiger partial charge in [0.25, 0.3) is 0 Å². The summed E-state index contributed by atoms with van der Waals surface area (Å²) in [4.78, 5) is 11.9. The summed E-state index contributed by atoms with van der Waals surface area (Å²) in [5.74, 6) is 1.03. The highest BCUT2D eigenvalue weighted by Crippen LogP contribution is 2.23. The Morgan fingerprint density at radius 2 is 2.12 bits per heavy atom. The lowest BCUT2D eigenvalue weighted by Crippen LogP contribution is -2.43. The van der Waals surface area contributed by atoms with Gasteiger partial charge in [0.05, 0.1) is 0 Å². The average molecular weight is 238 g/mol. The second-order valence-corrected chi connectivity index (χ2v) is 5.89. The molecule has 3 heteroatoms. The summed E-state index contributed by atoms with van der Waals surface area (Å²) in [5.41, 5.74) is 0. The molecule has 98 valence electrons. The van der Waals surface area contributed by atoms with Gasteiger partial charge >= 0.3 is 0 Å². The molecule has 1 saturated heterocycles. The van der Waals surface area contributed by atoms with Gasteiger partial charge in [0.15, 0.2) is 0 Å². The average Bonchev–Trinajstić information content (AvgIpc) is 2.30. The predicted octanol–water partition coefficient (Wildman–Crippen LogP) is 2.21. The summed E-state index contributed by atoms with van der Waals surface area (Å²) >= 11 is 0. The van der Waals surface area contributed by atoms with Crippen LogP contribution in [0.15, 0.2) is 0 Å². The van der Waals surface area contributed by atoms with Crippen molar-refractivity contribution in [2.45, 2.75) is 70.4 Å². The van der Waals surface area contributed by atoms with Crippen LogP contribution < -0.4 is 10.6 Å². The topological polar surface area (TPSA) is 41.1 Å². The van der Waals surface area contributed by atoms with Crippen LogP contribution >= 0.6 is 0 Å². The van der Waals surface area contributed by atoms with E-state index in [0.29, 0.717) is 18.5 Å². The van der Waals surface area contributed by atoms with Crippen LogP contribution in [-0.4, -0.2) is 24.5 Å². The third-order valence-electron chi connectivity index (χ3n) is 4.15. The Hall–Kier alpha value is -0.570. The van der Waals surface area contributed by atoms with E-state index < -0.39 is 0 Å². The minimum Gasteiger partial charge on any atom is -0.353 e. The second kappa shape index (κ2) is 6.39. The summed E-state index contributed by atoms with van der Waals surface area (Å²) in [6.07, 6.45) is 9.31. The van der Waals surface area contributed by atoms with E-state index >= 15 is 0 Å². The van der Waals surface area contributed by atoms with Crippen molar-refractivity contribution < 1.29 is 4.79 Å². The molecular formula is C14H26N2O. The molecule has 3 unspecified atom stereocenters. The maximum Gasteiger partial charge on any atom is 0.221 e. The monoisotopic (exact) mass is 238 g/mol. The van der Waals surface area contributed by atoms with Gasteiger partial charge < -0.3 is 10.6 Å². The summed E-state index contributed by atoms with van der Waals surface area (Å²) in [7, 11) is 0. The lowest BCUT2D eigenvalue weighted by molar-refractivity contribution is -0.122. The Morgan fingerprint density at radius 1 is 1.24 bits per heavy atom. The second-order valence-electron chi connectivity index (χ2n) is 5.89. The van der Waals surface area contributed by atoms with Gasteiger partial charge in [0.1, 0.15) is 0 Å². The maximum absolute atomic E-state index is 11.9. The van der Waals surface area contributed by atoms with E-state index in [0.717, 1.165) is 18.9 Å². The number of carbonyl (C=O) groups is 1. The number of piperidine rings is 1. The molecule has 3 atom stereocenters. The summed E-state index contributed by atoms with van der Waals surface area (Å²) in [6, 6.07) is 0.861. The zero-order valence-corrected chi connectivity index (χ0v) is 11.0. The van der Waals surface area contributed by atoms with Gasteiger partial charge in [-0.15, -0.1) is 0 Å². The Morgan fingerprint density at radius 3 is 2.82 bits per heavy atom. The third kappa shape index (κ3) is 4.30. The van der Waals surface area contributed by atoms with Gasteiger partial charge in [0.2, 0.25) is 5.91 Å². The van der Waals surface area contributed by atoms with Crippen LogP contribution in [0.25, 0.3) is 0 Å². The minimum absolute atomic E-state index is 0.253. The molecule has 2 rings (SSSR count). The molecule has 1 aliphatic carbocycles. The number of amides is 1. The van der Waals surface area contributed by atoms with Crippen LogP contribution in [0.4, 0.5) is 0 Å². The molecule has 1 heterocycles. The minimum atomic E-state index is 0.253. The van der Waals surface area contributed by atoms with Crippen molar-refractivity contribution in [2.24, 2.45) is 5.92 Å². The molecule has 0 radical (unpaired) electrons. The first-order chi connectivity index (χ1) is 8.24. The highest BCUT2D eigenvalue weighted by Gasteiger charge is 2.22. The molecule has 1 saturated carbocycles. The fourth-order valence-corrected chi connectivity index (χ4v) is 3.17. The van der Waals surface area contributed by atoms with Crippen LogP contribution in [-0.2, 0) is 4.79 Å². The number of hydrogen-bond donors (Lipinski definition) is 2. The Kier molecular flexibility index (Phi) is 4.84. The summed E-state index contributed by atoms with van der Waals surface area (Å²) in [5, 5.41) is 6.65. The lowest BCUT2D eigenvalue weighted by atomic mass is 9.87. The summed E-state index contributed by atoms with van der Waals surface area (Å²) < 4.78 is 0. The van der Waals surface area contributed by atoms with Crippen LogP contribution in [0, 0.1) is 5.92 Å². The zero-order chi connectivity index (χ0) is 12.1. The highest BCUT2D eigenvalue weighted by atomic mass is 16.1. The van der Waals surface area contributed by atoms with E-state index in [1.807, 2.05) is 0 Å². The standard InChI is InChI=1S/C14H26N2O/c1-11-5-4-7-13(9-11)16-14(17)10-12-6-2-3-8-15-12/h11-13,15H,2-10H2,1H3,(H,16,17). The van der Waals surface area contributed by atoms with Crippen molar-refractivity contribution in [1.82, 2.24) is 10.6 Å². The van der Waals surface area contributed by atoms with Crippen LogP contribution in [0.1, 0.15) is 58.3 Å². The largest absolute Gasteiger partial charge is 0.353 e. The molecule has 1 amide bonds. The van der Waals surface area contributed by atoms with Crippen molar-refractivity contribution in [3.63, 3.8) is 0 Å². The number of carbonyl (C=O) groups excluding carboxylic acids is 1. The zero-order valence-electron chi connectivity index (χ0n) is 11.0. The molecule has 0 aromatic carbocycles. The highest BCUT2D eigenvalue weighted by molar-refractivity contribution is 5.76. The van der Waals surface area contributed by atoms with Gasteiger partial charge in [0, 0.05) is 18.5 Å². The lowest BCUT2D eigenvalue weighted by Gasteiger charge is -2.29. The molecule has 2 N–H and O–H groups in total. The number of hydrogen-bond acceptors (Lipinski definition) is 2. The molecule has 2 aliphatic rings. The molecule has 0 spiro atoms. The van der Waals surface area contributed by atoms with E-state index in [9.17, 15) is 4.79 Å². The first-order valence-corrected chi connectivity index (χ1v) is 7.27. The van der Waals surface area contributed by atoms with E-state index in [4.69, 9.17) is 0 Å². The number of rotatable bonds is 3. The van der Waals surface area contributed by atoms with Gasteiger partial charge in [-0.25, -0.2) is 0 Å². The molecule has 1 aliphatic heterocycles. The van der Waals surface area contributed by atoms with Crippen LogP contribution in [0.5, 0.6) is 0 Å².